The highest BCUT2D eigenvalue weighted by Gasteiger charge is 2.51. The highest BCUT2D eigenvalue weighted by atomic mass is 15.1. The molecule has 1 N–H and O–H groups in total. The molecule has 0 radical (unpaired) electrons. The van der Waals surface area contributed by atoms with E-state index in [2.05, 4.69) is 195 Å². The van der Waals surface area contributed by atoms with Crippen LogP contribution in [-0.4, -0.2) is 5.71 Å². The molecular weight excluding hydrogens is 737 g/mol. The quantitative estimate of drug-likeness (QED) is 0.108. The van der Waals surface area contributed by atoms with Gasteiger partial charge in [0.2, 0.25) is 0 Å². The number of terminal acetylenes is 1. The molecule has 2 heteroatoms. The van der Waals surface area contributed by atoms with Crippen molar-refractivity contribution in [2.45, 2.75) is 37.9 Å². The van der Waals surface area contributed by atoms with Crippen molar-refractivity contribution in [1.82, 2.24) is 5.32 Å². The fourth-order valence-corrected chi connectivity index (χ4v) is 10.1. The van der Waals surface area contributed by atoms with Gasteiger partial charge in [0.25, 0.3) is 0 Å². The molecule has 2 aliphatic rings. The Labute approximate surface area is 360 Å². The van der Waals surface area contributed by atoms with Gasteiger partial charge >= 0.3 is 0 Å². The predicted octanol–water partition coefficient (Wildman–Crippen LogP) is 14.2. The third-order valence-electron chi connectivity index (χ3n) is 12.8. The molecule has 292 valence electrons. The average molecular weight is 783 g/mol. The van der Waals surface area contributed by atoms with E-state index in [-0.39, 0.29) is 12.2 Å². The molecule has 0 bridgehead atoms. The van der Waals surface area contributed by atoms with Crippen LogP contribution in [0.3, 0.4) is 0 Å². The lowest BCUT2D eigenvalue weighted by Crippen LogP contribution is -2.25. The number of fused-ring (bicyclic) bond motifs is 10. The molecular formula is C59H46N2. The minimum absolute atomic E-state index is 0.313. The van der Waals surface area contributed by atoms with Gasteiger partial charge in [0, 0.05) is 11.3 Å². The summed E-state index contributed by atoms with van der Waals surface area (Å²) in [6, 6.07) is 67.7. The van der Waals surface area contributed by atoms with Gasteiger partial charge in [0.15, 0.2) is 0 Å². The first-order chi connectivity index (χ1) is 30.0. The highest BCUT2D eigenvalue weighted by Crippen LogP contribution is 2.63. The molecule has 2 unspecified atom stereocenters. The van der Waals surface area contributed by atoms with Crippen molar-refractivity contribution in [3.63, 3.8) is 0 Å². The van der Waals surface area contributed by atoms with Gasteiger partial charge in [-0.1, -0.05) is 201 Å². The van der Waals surface area contributed by atoms with Crippen molar-refractivity contribution in [3.05, 3.63) is 245 Å². The van der Waals surface area contributed by atoms with E-state index in [1.165, 1.54) is 55.6 Å². The smallest absolute Gasteiger partial charge is 0.127 e. The molecule has 0 fully saturated rings. The minimum atomic E-state index is -0.393. The van der Waals surface area contributed by atoms with Gasteiger partial charge in [0.1, 0.15) is 6.17 Å². The molecule has 1 spiro atoms. The molecule has 0 aromatic heterocycles. The molecule has 0 saturated carbocycles. The number of hydrogen-bond acceptors (Lipinski definition) is 2. The normalized spacial score (nSPS) is 14.0. The summed E-state index contributed by atoms with van der Waals surface area (Å²) in [5.41, 5.74) is 21.3. The van der Waals surface area contributed by atoms with Crippen molar-refractivity contribution in [1.29, 1.82) is 0 Å². The fourth-order valence-electron chi connectivity index (χ4n) is 10.1. The van der Waals surface area contributed by atoms with Gasteiger partial charge in [-0.3, -0.25) is 10.3 Å². The van der Waals surface area contributed by atoms with Gasteiger partial charge in [-0.15, -0.1) is 6.42 Å². The summed E-state index contributed by atoms with van der Waals surface area (Å²) in [5, 5.41) is 3.71. The first kappa shape index (κ1) is 37.9. The predicted molar refractivity (Wildman–Crippen MR) is 256 cm³/mol. The zero-order valence-electron chi connectivity index (χ0n) is 34.6. The lowest BCUT2D eigenvalue weighted by molar-refractivity contribution is 0.519. The monoisotopic (exact) mass is 782 g/mol. The van der Waals surface area contributed by atoms with E-state index < -0.39 is 5.41 Å². The van der Waals surface area contributed by atoms with Crippen molar-refractivity contribution in [2.24, 2.45) is 4.99 Å². The van der Waals surface area contributed by atoms with E-state index >= 15 is 0 Å². The summed E-state index contributed by atoms with van der Waals surface area (Å²) in [7, 11) is 0. The molecule has 2 aliphatic carbocycles. The molecule has 8 aromatic rings. The first-order valence-electron chi connectivity index (χ1n) is 21.2. The SMILES string of the molecule is C#CC(NC(N=C(CC)c1cccc(C)c1-c1ccc(-c2ccc3c(c2)C2(c4ccccc4-c4ccccc42)c2ccccc2-3)cc1C=C)c1ccccc1)c1ccccc1. The Morgan fingerprint density at radius 1 is 0.607 bits per heavy atom. The molecule has 0 amide bonds. The van der Waals surface area contributed by atoms with Crippen LogP contribution in [0.4, 0.5) is 0 Å². The average Bonchev–Trinajstić information content (AvgIpc) is 3.79. The Kier molecular flexibility index (Phi) is 9.76. The zero-order valence-corrected chi connectivity index (χ0v) is 34.6. The van der Waals surface area contributed by atoms with Crippen LogP contribution in [0.5, 0.6) is 0 Å². The third-order valence-corrected chi connectivity index (χ3v) is 12.8. The Hall–Kier alpha value is -7.31. The Morgan fingerprint density at radius 3 is 1.70 bits per heavy atom. The van der Waals surface area contributed by atoms with Crippen LogP contribution in [0.1, 0.15) is 75.6 Å². The molecule has 8 aromatic carbocycles. The summed E-state index contributed by atoms with van der Waals surface area (Å²) < 4.78 is 0. The van der Waals surface area contributed by atoms with Crippen LogP contribution in [-0.2, 0) is 5.41 Å². The van der Waals surface area contributed by atoms with Crippen molar-refractivity contribution in [2.75, 3.05) is 0 Å². The van der Waals surface area contributed by atoms with Crippen molar-refractivity contribution < 1.29 is 0 Å². The van der Waals surface area contributed by atoms with Gasteiger partial charge in [-0.25, -0.2) is 0 Å². The minimum Gasteiger partial charge on any atom is -0.275 e. The largest absolute Gasteiger partial charge is 0.275 e. The number of rotatable bonds is 10. The summed E-state index contributed by atoms with van der Waals surface area (Å²) in [5.74, 6) is 2.98. The van der Waals surface area contributed by atoms with Crippen LogP contribution in [0, 0.1) is 19.3 Å². The van der Waals surface area contributed by atoms with Crippen LogP contribution < -0.4 is 5.32 Å². The van der Waals surface area contributed by atoms with Crippen LogP contribution in [0.15, 0.2) is 200 Å². The van der Waals surface area contributed by atoms with Gasteiger partial charge in [-0.05, 0) is 114 Å². The van der Waals surface area contributed by atoms with E-state index in [0.717, 1.165) is 51.1 Å². The lowest BCUT2D eigenvalue weighted by atomic mass is 9.70. The highest BCUT2D eigenvalue weighted by molar-refractivity contribution is 6.07. The molecule has 0 saturated heterocycles. The maximum Gasteiger partial charge on any atom is 0.127 e. The maximum absolute atomic E-state index is 6.16. The molecule has 2 nitrogen and oxygen atoms in total. The molecule has 0 heterocycles. The number of aliphatic imine (C=N–C) groups is 1. The number of hydrogen-bond donors (Lipinski definition) is 1. The van der Waals surface area contributed by atoms with Crippen LogP contribution in [0.2, 0.25) is 0 Å². The fraction of sp³-hybridized carbons (Fsp3) is 0.102. The van der Waals surface area contributed by atoms with E-state index in [9.17, 15) is 0 Å². The Bertz CT molecular complexity index is 2970. The summed E-state index contributed by atoms with van der Waals surface area (Å²) in [6.07, 6.45) is 8.53. The lowest BCUT2D eigenvalue weighted by Gasteiger charge is -2.30. The molecule has 2 atom stereocenters. The molecule has 0 aliphatic heterocycles. The summed E-state index contributed by atoms with van der Waals surface area (Å²) >= 11 is 0. The summed E-state index contributed by atoms with van der Waals surface area (Å²) in [4.78, 5) is 5.50. The molecule has 10 rings (SSSR count). The van der Waals surface area contributed by atoms with E-state index in [1.54, 1.807) is 0 Å². The number of aryl methyl sites for hydroxylation is 1. The van der Waals surface area contributed by atoms with Crippen LogP contribution in [0.25, 0.3) is 50.6 Å². The Morgan fingerprint density at radius 2 is 1.13 bits per heavy atom. The first-order valence-corrected chi connectivity index (χ1v) is 21.2. The topological polar surface area (TPSA) is 24.4 Å². The van der Waals surface area contributed by atoms with Gasteiger partial charge in [0.05, 0.1) is 11.5 Å². The number of nitrogens with one attached hydrogen (secondary N) is 1. The second-order valence-electron chi connectivity index (χ2n) is 16.1. The van der Waals surface area contributed by atoms with E-state index in [1.807, 2.05) is 30.3 Å². The third kappa shape index (κ3) is 6.21. The molecule has 61 heavy (non-hydrogen) atoms. The van der Waals surface area contributed by atoms with Gasteiger partial charge < -0.3 is 0 Å². The second-order valence-corrected chi connectivity index (χ2v) is 16.1. The second kappa shape index (κ2) is 15.7. The van der Waals surface area contributed by atoms with E-state index in [4.69, 9.17) is 11.4 Å². The summed E-state index contributed by atoms with van der Waals surface area (Å²) in [6.45, 7) is 8.74. The van der Waals surface area contributed by atoms with Crippen molar-refractivity contribution in [3.8, 4) is 56.9 Å². The standard InChI is InChI=1S/C59H46N2/c1-5-40-37-43(44-34-36-49-48-28-16-19-32-53(48)59(54(49)38-44)51-30-17-14-26-46(51)47-27-15-18-31-52(47)59)33-35-45(40)57-39(4)21-20-29-50(57)56(7-3)61-58(42-24-12-9-13-25-42)60-55(6-2)41-22-10-8-11-23-41/h2,5,8-38,55,58,60H,1,7H2,3-4H3. The number of benzene rings is 8. The van der Waals surface area contributed by atoms with Crippen LogP contribution >= 0.6 is 0 Å². The Balaban J connectivity index is 1.08. The van der Waals surface area contributed by atoms with Crippen molar-refractivity contribution >= 4 is 11.8 Å². The number of nitrogens with zero attached hydrogens (tertiary/aromatic N) is 1. The zero-order chi connectivity index (χ0) is 41.5. The van der Waals surface area contributed by atoms with Gasteiger partial charge in [-0.2, -0.15) is 0 Å². The maximum atomic E-state index is 6.16. The van der Waals surface area contributed by atoms with E-state index in [0.29, 0.717) is 0 Å².